The van der Waals surface area contributed by atoms with E-state index >= 15 is 0 Å². The third kappa shape index (κ3) is 2.43. The average molecular weight is 356 g/mol. The first-order chi connectivity index (χ1) is 13.1. The van der Waals surface area contributed by atoms with E-state index in [4.69, 9.17) is 0 Å². The fourth-order valence-corrected chi connectivity index (χ4v) is 3.42. The van der Waals surface area contributed by atoms with Gasteiger partial charge in [-0.2, -0.15) is 5.10 Å². The molecule has 0 bridgehead atoms. The topological polar surface area (TPSA) is 81.1 Å². The zero-order chi connectivity index (χ0) is 18.5. The molecule has 7 heteroatoms. The van der Waals surface area contributed by atoms with Crippen molar-refractivity contribution in [3.05, 3.63) is 66.1 Å². The lowest BCUT2D eigenvalue weighted by Gasteiger charge is -2.06. The highest BCUT2D eigenvalue weighted by Gasteiger charge is 2.15. The summed E-state index contributed by atoms with van der Waals surface area (Å²) in [6.45, 7) is 4.13. The summed E-state index contributed by atoms with van der Waals surface area (Å²) in [5.41, 5.74) is 5.47. The number of hydrogen-bond donors (Lipinski definition) is 1. The van der Waals surface area contributed by atoms with E-state index in [0.717, 1.165) is 22.3 Å². The Labute approximate surface area is 154 Å². The first-order valence-corrected chi connectivity index (χ1v) is 8.56. The summed E-state index contributed by atoms with van der Waals surface area (Å²) in [5, 5.41) is 23.7. The summed E-state index contributed by atoms with van der Waals surface area (Å²) in [7, 11) is 0. The molecule has 1 N–H and O–H groups in total. The highest BCUT2D eigenvalue weighted by molar-refractivity contribution is 5.90. The zero-order valence-electron chi connectivity index (χ0n) is 14.8. The second-order valence-corrected chi connectivity index (χ2v) is 6.65. The van der Waals surface area contributed by atoms with Crippen LogP contribution in [0.1, 0.15) is 11.1 Å². The fraction of sp³-hybridized carbons (Fsp3) is 0.100. The monoisotopic (exact) mass is 356 g/mol. The van der Waals surface area contributed by atoms with Crippen molar-refractivity contribution in [2.24, 2.45) is 0 Å². The Bertz CT molecular complexity index is 1300. The van der Waals surface area contributed by atoms with E-state index in [1.807, 2.05) is 15.1 Å². The minimum absolute atomic E-state index is 0.181. The standard InChI is InChI=1S/C20H16N6O/c1-12-6-13(2)8-15(7-12)26-19-17(10-22-26)20-24-23-18(25(20)11-21-19)14-4-3-5-16(27)9-14/h3-11,27H,1-2H3. The Morgan fingerprint density at radius 1 is 0.926 bits per heavy atom. The first-order valence-electron chi connectivity index (χ1n) is 8.56. The molecule has 0 amide bonds. The molecule has 0 saturated carbocycles. The maximum Gasteiger partial charge on any atom is 0.175 e. The van der Waals surface area contributed by atoms with Gasteiger partial charge in [0.1, 0.15) is 12.1 Å². The van der Waals surface area contributed by atoms with Crippen LogP contribution in [0.4, 0.5) is 0 Å². The molecular weight excluding hydrogens is 340 g/mol. The van der Waals surface area contributed by atoms with Gasteiger partial charge in [0, 0.05) is 5.56 Å². The van der Waals surface area contributed by atoms with Gasteiger partial charge in [-0.15, -0.1) is 10.2 Å². The van der Waals surface area contributed by atoms with Crippen molar-refractivity contribution < 1.29 is 5.11 Å². The summed E-state index contributed by atoms with van der Waals surface area (Å²) in [6, 6.07) is 13.2. The number of aromatic hydroxyl groups is 1. The van der Waals surface area contributed by atoms with Gasteiger partial charge in [-0.05, 0) is 49.2 Å². The molecule has 0 spiro atoms. The van der Waals surface area contributed by atoms with Crippen LogP contribution in [0.5, 0.6) is 5.75 Å². The normalized spacial score (nSPS) is 11.5. The molecule has 5 rings (SSSR count). The predicted molar refractivity (Wildman–Crippen MR) is 102 cm³/mol. The Kier molecular flexibility index (Phi) is 3.24. The molecule has 0 aliphatic rings. The second kappa shape index (κ2) is 5.63. The first kappa shape index (κ1) is 15.5. The summed E-state index contributed by atoms with van der Waals surface area (Å²) in [4.78, 5) is 4.61. The van der Waals surface area contributed by atoms with Crippen LogP contribution >= 0.6 is 0 Å². The minimum atomic E-state index is 0.181. The molecule has 7 nitrogen and oxygen atoms in total. The molecule has 3 heterocycles. The van der Waals surface area contributed by atoms with Gasteiger partial charge in [0.2, 0.25) is 0 Å². The molecule has 132 valence electrons. The molecule has 0 fully saturated rings. The quantitative estimate of drug-likeness (QED) is 0.524. The van der Waals surface area contributed by atoms with Crippen molar-refractivity contribution in [2.75, 3.05) is 0 Å². The number of rotatable bonds is 2. The average Bonchev–Trinajstić information content (AvgIpc) is 3.24. The molecule has 27 heavy (non-hydrogen) atoms. The zero-order valence-corrected chi connectivity index (χ0v) is 14.8. The third-order valence-corrected chi connectivity index (χ3v) is 4.53. The van der Waals surface area contributed by atoms with Crippen LogP contribution in [-0.2, 0) is 0 Å². The maximum atomic E-state index is 9.74. The number of phenolic OH excluding ortho intramolecular Hbond substituents is 1. The maximum absolute atomic E-state index is 9.74. The van der Waals surface area contributed by atoms with Gasteiger partial charge in [0.15, 0.2) is 17.1 Å². The van der Waals surface area contributed by atoms with E-state index in [2.05, 4.69) is 52.3 Å². The summed E-state index contributed by atoms with van der Waals surface area (Å²) in [6.07, 6.45) is 3.45. The van der Waals surface area contributed by atoms with Crippen LogP contribution < -0.4 is 0 Å². The molecule has 0 aliphatic heterocycles. The Balaban J connectivity index is 1.72. The number of fused-ring (bicyclic) bond motifs is 3. The SMILES string of the molecule is Cc1cc(C)cc(-n2ncc3c2ncn2c(-c4cccc(O)c4)nnc32)c1. The van der Waals surface area contributed by atoms with Gasteiger partial charge >= 0.3 is 0 Å². The Morgan fingerprint density at radius 3 is 2.52 bits per heavy atom. The number of nitrogens with zero attached hydrogens (tertiary/aromatic N) is 6. The van der Waals surface area contributed by atoms with Crippen LogP contribution in [0.3, 0.4) is 0 Å². The number of aromatic nitrogens is 6. The van der Waals surface area contributed by atoms with Gasteiger partial charge in [-0.25, -0.2) is 9.67 Å². The number of hydrogen-bond acceptors (Lipinski definition) is 5. The van der Waals surface area contributed by atoms with Crippen molar-refractivity contribution in [1.82, 2.24) is 29.4 Å². The van der Waals surface area contributed by atoms with Crippen LogP contribution in [0.2, 0.25) is 0 Å². The largest absolute Gasteiger partial charge is 0.508 e. The van der Waals surface area contributed by atoms with Crippen LogP contribution in [0, 0.1) is 13.8 Å². The highest BCUT2D eigenvalue weighted by Crippen LogP contribution is 2.26. The van der Waals surface area contributed by atoms with E-state index in [0.29, 0.717) is 11.5 Å². The van der Waals surface area contributed by atoms with Crippen LogP contribution in [0.15, 0.2) is 55.0 Å². The molecule has 5 aromatic rings. The van der Waals surface area contributed by atoms with E-state index in [9.17, 15) is 5.11 Å². The lowest BCUT2D eigenvalue weighted by molar-refractivity contribution is 0.475. The fourth-order valence-electron chi connectivity index (χ4n) is 3.42. The lowest BCUT2D eigenvalue weighted by atomic mass is 10.1. The van der Waals surface area contributed by atoms with Gasteiger partial charge in [0.05, 0.1) is 17.3 Å². The van der Waals surface area contributed by atoms with Crippen molar-refractivity contribution >= 4 is 16.7 Å². The van der Waals surface area contributed by atoms with Crippen molar-refractivity contribution in [2.45, 2.75) is 13.8 Å². The molecule has 0 unspecified atom stereocenters. The van der Waals surface area contributed by atoms with E-state index in [1.54, 1.807) is 30.7 Å². The second-order valence-electron chi connectivity index (χ2n) is 6.65. The van der Waals surface area contributed by atoms with E-state index in [-0.39, 0.29) is 5.75 Å². The van der Waals surface area contributed by atoms with Gasteiger partial charge in [-0.1, -0.05) is 18.2 Å². The molecule has 0 atom stereocenters. The summed E-state index contributed by atoms with van der Waals surface area (Å²) < 4.78 is 3.63. The highest BCUT2D eigenvalue weighted by atomic mass is 16.3. The number of phenols is 1. The Hall–Kier alpha value is -3.74. The van der Waals surface area contributed by atoms with E-state index < -0.39 is 0 Å². The molecular formula is C20H16N6O. The van der Waals surface area contributed by atoms with Crippen LogP contribution in [-0.4, -0.2) is 34.5 Å². The molecule has 0 saturated heterocycles. The number of benzene rings is 2. The molecule has 0 aliphatic carbocycles. The molecule has 3 aromatic heterocycles. The van der Waals surface area contributed by atoms with Crippen molar-refractivity contribution in [3.8, 4) is 22.8 Å². The van der Waals surface area contributed by atoms with Crippen molar-refractivity contribution in [1.29, 1.82) is 0 Å². The summed E-state index contributed by atoms with van der Waals surface area (Å²) in [5.74, 6) is 0.801. The van der Waals surface area contributed by atoms with Gasteiger partial charge < -0.3 is 5.11 Å². The van der Waals surface area contributed by atoms with Gasteiger partial charge in [-0.3, -0.25) is 4.40 Å². The number of aryl methyl sites for hydroxylation is 2. The third-order valence-electron chi connectivity index (χ3n) is 4.53. The molecule has 2 aromatic carbocycles. The minimum Gasteiger partial charge on any atom is -0.508 e. The lowest BCUT2D eigenvalue weighted by Crippen LogP contribution is -2.00. The smallest absolute Gasteiger partial charge is 0.175 e. The van der Waals surface area contributed by atoms with E-state index in [1.165, 1.54) is 11.1 Å². The van der Waals surface area contributed by atoms with Crippen LogP contribution in [0.25, 0.3) is 33.8 Å². The van der Waals surface area contributed by atoms with Crippen molar-refractivity contribution in [3.63, 3.8) is 0 Å². The summed E-state index contributed by atoms with van der Waals surface area (Å²) >= 11 is 0. The molecule has 0 radical (unpaired) electrons. The Morgan fingerprint density at radius 2 is 1.74 bits per heavy atom. The predicted octanol–water partition coefficient (Wildman–Crippen LogP) is 3.45. The van der Waals surface area contributed by atoms with Gasteiger partial charge in [0.25, 0.3) is 0 Å².